The molecular formula is C35H22FN7S2. The molecule has 5 aromatic carbocycles. The van der Waals surface area contributed by atoms with Gasteiger partial charge in [0, 0.05) is 22.2 Å². The average molecular weight is 624 g/mol. The van der Waals surface area contributed by atoms with Crippen LogP contribution in [0.15, 0.2) is 97.1 Å². The van der Waals surface area contributed by atoms with E-state index in [2.05, 4.69) is 72.6 Å². The molecule has 0 atom stereocenters. The van der Waals surface area contributed by atoms with Gasteiger partial charge < -0.3 is 4.90 Å². The Morgan fingerprint density at radius 2 is 1.09 bits per heavy atom. The van der Waals surface area contributed by atoms with Gasteiger partial charge in [-0.25, -0.2) is 14.4 Å². The zero-order chi connectivity index (χ0) is 30.3. The number of para-hydroxylation sites is 2. The second-order valence-corrected chi connectivity index (χ2v) is 12.6. The third-order valence-electron chi connectivity index (χ3n) is 8.70. The van der Waals surface area contributed by atoms with Crippen LogP contribution < -0.4 is 4.90 Å². The number of benzene rings is 5. The van der Waals surface area contributed by atoms with E-state index in [-0.39, 0.29) is 5.41 Å². The van der Waals surface area contributed by atoms with Gasteiger partial charge in [-0.05, 0) is 41.5 Å². The molecule has 7 nitrogen and oxygen atoms in total. The summed E-state index contributed by atoms with van der Waals surface area (Å²) >= 11 is 2.19. The van der Waals surface area contributed by atoms with Gasteiger partial charge in [-0.2, -0.15) is 17.5 Å². The summed E-state index contributed by atoms with van der Waals surface area (Å²) in [6.07, 6.45) is 0. The molecule has 1 aliphatic heterocycles. The molecule has 0 spiro atoms. The summed E-state index contributed by atoms with van der Waals surface area (Å²) in [7, 11) is 0. The molecule has 0 bridgehead atoms. The molecule has 3 aromatic heterocycles. The summed E-state index contributed by atoms with van der Waals surface area (Å²) in [6, 6.07) is 31.8. The highest BCUT2D eigenvalue weighted by atomic mass is 32.1. The number of hydrogen-bond acceptors (Lipinski definition) is 9. The maximum atomic E-state index is 16.6. The predicted molar refractivity (Wildman–Crippen MR) is 179 cm³/mol. The number of nitrogens with zero attached hydrogens (tertiary/aromatic N) is 7. The first-order valence-electron chi connectivity index (χ1n) is 14.4. The highest BCUT2D eigenvalue weighted by molar-refractivity contribution is 7.01. The molecule has 45 heavy (non-hydrogen) atoms. The summed E-state index contributed by atoms with van der Waals surface area (Å²) in [5.74, 6) is -0.401. The van der Waals surface area contributed by atoms with E-state index in [0.717, 1.165) is 46.1 Å². The number of fused-ring (bicyclic) bond motifs is 8. The molecule has 0 N–H and O–H groups in total. The van der Waals surface area contributed by atoms with E-state index in [0.29, 0.717) is 50.1 Å². The van der Waals surface area contributed by atoms with Crippen molar-refractivity contribution < 1.29 is 4.39 Å². The molecule has 216 valence electrons. The third-order valence-corrected chi connectivity index (χ3v) is 9.75. The van der Waals surface area contributed by atoms with Gasteiger partial charge in [0.2, 0.25) is 0 Å². The van der Waals surface area contributed by atoms with Crippen LogP contribution in [0.25, 0.3) is 55.6 Å². The van der Waals surface area contributed by atoms with Crippen molar-refractivity contribution in [1.82, 2.24) is 27.5 Å². The third kappa shape index (κ3) is 3.79. The van der Waals surface area contributed by atoms with E-state index >= 15 is 4.39 Å². The van der Waals surface area contributed by atoms with Crippen molar-refractivity contribution in [1.29, 1.82) is 0 Å². The summed E-state index contributed by atoms with van der Waals surface area (Å²) in [6.45, 7) is 4.47. The number of halogens is 1. The number of hydrogen-bond donors (Lipinski definition) is 0. The number of rotatable bonds is 3. The first-order valence-corrected chi connectivity index (χ1v) is 15.9. The largest absolute Gasteiger partial charge is 0.310 e. The summed E-state index contributed by atoms with van der Waals surface area (Å²) in [5, 5.41) is 0. The van der Waals surface area contributed by atoms with Gasteiger partial charge in [0.15, 0.2) is 0 Å². The Morgan fingerprint density at radius 3 is 1.67 bits per heavy atom. The SMILES string of the molecule is CC1(C)c2ccccc2N(c2ccc(-c3nc4c5nsnc5c5nsnc5c4nc3-c3ccccc3)c(F)c2)c2ccccc21. The molecule has 0 fully saturated rings. The second kappa shape index (κ2) is 9.65. The van der Waals surface area contributed by atoms with E-state index in [1.54, 1.807) is 12.1 Å². The van der Waals surface area contributed by atoms with Gasteiger partial charge in [0.1, 0.15) is 44.6 Å². The first-order chi connectivity index (χ1) is 22.0. The summed E-state index contributed by atoms with van der Waals surface area (Å²) in [5.41, 5.74) is 10.7. The van der Waals surface area contributed by atoms with E-state index in [1.807, 2.05) is 48.5 Å². The Morgan fingerprint density at radius 1 is 0.578 bits per heavy atom. The van der Waals surface area contributed by atoms with Crippen molar-refractivity contribution in [3.8, 4) is 22.5 Å². The Labute approximate surface area is 265 Å². The summed E-state index contributed by atoms with van der Waals surface area (Å²) in [4.78, 5) is 12.3. The number of aromatic nitrogens is 6. The monoisotopic (exact) mass is 623 g/mol. The Bertz CT molecular complexity index is 2400. The van der Waals surface area contributed by atoms with E-state index < -0.39 is 5.82 Å². The minimum absolute atomic E-state index is 0.207. The lowest BCUT2D eigenvalue weighted by atomic mass is 9.73. The standard InChI is InChI=1S/C35H22FN7S2/c1-35(2)22-12-6-8-14-25(22)43(26-15-9-7-13-23(26)35)20-16-17-21(24(36)18-20)28-27(19-10-4-3-5-11-19)37-29-30(38-28)32-34(42-45-40-32)33-31(29)39-44-41-33/h3-18H,1-2H3. The zero-order valence-electron chi connectivity index (χ0n) is 24.1. The summed E-state index contributed by atoms with van der Waals surface area (Å²) < 4.78 is 34.6. The van der Waals surface area contributed by atoms with E-state index in [4.69, 9.17) is 9.97 Å². The molecule has 0 unspecified atom stereocenters. The van der Waals surface area contributed by atoms with Gasteiger partial charge in [0.25, 0.3) is 0 Å². The van der Waals surface area contributed by atoms with Gasteiger partial charge in [0.05, 0.1) is 40.5 Å². The van der Waals surface area contributed by atoms with Crippen LogP contribution in [-0.2, 0) is 5.41 Å². The lowest BCUT2D eigenvalue weighted by molar-refractivity contribution is 0.627. The van der Waals surface area contributed by atoms with Gasteiger partial charge in [-0.15, -0.1) is 0 Å². The lowest BCUT2D eigenvalue weighted by Gasteiger charge is -2.42. The molecule has 1 aliphatic rings. The maximum Gasteiger partial charge on any atom is 0.136 e. The molecule has 8 aromatic rings. The Balaban J connectivity index is 1.28. The highest BCUT2D eigenvalue weighted by Gasteiger charge is 2.36. The molecule has 9 rings (SSSR count). The minimum atomic E-state index is -0.401. The zero-order valence-corrected chi connectivity index (χ0v) is 25.7. The molecule has 0 amide bonds. The topological polar surface area (TPSA) is 80.6 Å². The van der Waals surface area contributed by atoms with Crippen LogP contribution in [0.5, 0.6) is 0 Å². The molecular weight excluding hydrogens is 602 g/mol. The maximum absolute atomic E-state index is 16.6. The first kappa shape index (κ1) is 26.2. The van der Waals surface area contributed by atoms with Crippen LogP contribution in [0.4, 0.5) is 21.5 Å². The molecule has 0 saturated carbocycles. The smallest absolute Gasteiger partial charge is 0.136 e. The van der Waals surface area contributed by atoms with Crippen molar-refractivity contribution >= 4 is 73.6 Å². The molecule has 4 heterocycles. The fourth-order valence-electron chi connectivity index (χ4n) is 6.53. The van der Waals surface area contributed by atoms with Crippen LogP contribution in [0.2, 0.25) is 0 Å². The lowest BCUT2D eigenvalue weighted by Crippen LogP contribution is -2.30. The molecule has 0 radical (unpaired) electrons. The van der Waals surface area contributed by atoms with Crippen LogP contribution in [0, 0.1) is 5.82 Å². The van der Waals surface area contributed by atoms with Gasteiger partial charge in [-0.1, -0.05) is 80.6 Å². The minimum Gasteiger partial charge on any atom is -0.310 e. The normalized spacial score (nSPS) is 13.8. The predicted octanol–water partition coefficient (Wildman–Crippen LogP) is 9.22. The highest BCUT2D eigenvalue weighted by Crippen LogP contribution is 2.52. The van der Waals surface area contributed by atoms with Crippen molar-refractivity contribution in [2.45, 2.75) is 19.3 Å². The van der Waals surface area contributed by atoms with Crippen molar-refractivity contribution in [2.75, 3.05) is 4.90 Å². The Kier molecular flexibility index (Phi) is 5.63. The van der Waals surface area contributed by atoms with Crippen molar-refractivity contribution in [2.24, 2.45) is 0 Å². The fraction of sp³-hybridized carbons (Fsp3) is 0.0857. The van der Waals surface area contributed by atoms with Gasteiger partial charge in [-0.3, -0.25) is 0 Å². The molecule has 10 heteroatoms. The fourth-order valence-corrected chi connectivity index (χ4v) is 7.63. The molecule has 0 saturated heterocycles. The van der Waals surface area contributed by atoms with Gasteiger partial charge >= 0.3 is 0 Å². The van der Waals surface area contributed by atoms with Crippen LogP contribution in [-0.4, -0.2) is 27.5 Å². The van der Waals surface area contributed by atoms with Crippen LogP contribution >= 0.6 is 23.5 Å². The number of anilines is 3. The molecule has 0 aliphatic carbocycles. The average Bonchev–Trinajstić information content (AvgIpc) is 3.76. The second-order valence-electron chi connectivity index (χ2n) is 11.6. The van der Waals surface area contributed by atoms with Crippen LogP contribution in [0.1, 0.15) is 25.0 Å². The quantitative estimate of drug-likeness (QED) is 0.194. The van der Waals surface area contributed by atoms with Crippen molar-refractivity contribution in [3.05, 3.63) is 114 Å². The van der Waals surface area contributed by atoms with E-state index in [1.165, 1.54) is 11.1 Å². The van der Waals surface area contributed by atoms with Crippen LogP contribution in [0.3, 0.4) is 0 Å². The Hall–Kier alpha value is -5.19. The van der Waals surface area contributed by atoms with E-state index in [9.17, 15) is 0 Å². The van der Waals surface area contributed by atoms with Crippen molar-refractivity contribution in [3.63, 3.8) is 0 Å².